The van der Waals surface area contributed by atoms with Gasteiger partial charge in [-0.25, -0.2) is 0 Å². The monoisotopic (exact) mass is 400 g/mol. The first kappa shape index (κ1) is 23.0. The third kappa shape index (κ3) is 6.92. The van der Waals surface area contributed by atoms with Gasteiger partial charge in [0.25, 0.3) is 0 Å². The molecule has 146 valence electrons. The van der Waals surface area contributed by atoms with E-state index in [4.69, 9.17) is 5.11 Å². The molecule has 2 N–H and O–H groups in total. The Kier molecular flexibility index (Phi) is 9.66. The van der Waals surface area contributed by atoms with Gasteiger partial charge in [0.2, 0.25) is 0 Å². The summed E-state index contributed by atoms with van der Waals surface area (Å²) in [5, 5.41) is 12.6. The first-order valence-electron chi connectivity index (χ1n) is 9.05. The second kappa shape index (κ2) is 10.9. The van der Waals surface area contributed by atoms with Gasteiger partial charge in [-0.05, 0) is 50.8 Å². The van der Waals surface area contributed by atoms with Crippen molar-refractivity contribution in [2.24, 2.45) is 5.92 Å². The van der Waals surface area contributed by atoms with Crippen LogP contribution >= 0.6 is 24.8 Å². The van der Waals surface area contributed by atoms with Crippen LogP contribution in [-0.4, -0.2) is 47.7 Å². The molecule has 1 unspecified atom stereocenters. The van der Waals surface area contributed by atoms with E-state index in [1.54, 1.807) is 0 Å². The molecule has 0 amide bonds. The van der Waals surface area contributed by atoms with Crippen LogP contribution in [0.25, 0.3) is 6.08 Å². The highest BCUT2D eigenvalue weighted by Gasteiger charge is 2.39. The van der Waals surface area contributed by atoms with Crippen molar-refractivity contribution in [3.8, 4) is 0 Å². The van der Waals surface area contributed by atoms with Crippen LogP contribution in [0.2, 0.25) is 0 Å². The molecule has 26 heavy (non-hydrogen) atoms. The number of carboxylic acids is 1. The molecule has 6 heteroatoms. The number of nitrogens with zero attached hydrogens (tertiary/aromatic N) is 1. The molecule has 1 saturated heterocycles. The molecule has 2 fully saturated rings. The maximum Gasteiger partial charge on any atom is 0.304 e. The molecule has 0 spiro atoms. The largest absolute Gasteiger partial charge is 0.481 e. The number of benzene rings is 1. The summed E-state index contributed by atoms with van der Waals surface area (Å²) in [5.41, 5.74) is 2.75. The van der Waals surface area contributed by atoms with Crippen LogP contribution in [0.4, 0.5) is 0 Å². The average molecular weight is 401 g/mol. The SMILES string of the molecule is CC(=Cc1ccccc1)C1C[C@@H]1NC1CCN(CCC(=O)O)CC1.Cl.Cl. The summed E-state index contributed by atoms with van der Waals surface area (Å²) >= 11 is 0. The van der Waals surface area contributed by atoms with E-state index in [0.29, 0.717) is 24.5 Å². The number of nitrogens with one attached hydrogen (secondary N) is 1. The van der Waals surface area contributed by atoms with E-state index in [1.165, 1.54) is 17.6 Å². The summed E-state index contributed by atoms with van der Waals surface area (Å²) < 4.78 is 0. The fourth-order valence-corrected chi connectivity index (χ4v) is 3.68. The van der Waals surface area contributed by atoms with Gasteiger partial charge >= 0.3 is 5.97 Å². The summed E-state index contributed by atoms with van der Waals surface area (Å²) in [7, 11) is 0. The molecule has 4 nitrogen and oxygen atoms in total. The molecule has 0 radical (unpaired) electrons. The number of carbonyl (C=O) groups is 1. The van der Waals surface area contributed by atoms with Crippen molar-refractivity contribution in [3.63, 3.8) is 0 Å². The highest BCUT2D eigenvalue weighted by molar-refractivity contribution is 5.85. The molecule has 3 rings (SSSR count). The molecule has 0 bridgehead atoms. The molecule has 1 aromatic rings. The van der Waals surface area contributed by atoms with Gasteiger partial charge in [0.05, 0.1) is 6.42 Å². The highest BCUT2D eigenvalue weighted by atomic mass is 35.5. The van der Waals surface area contributed by atoms with E-state index in [1.807, 2.05) is 0 Å². The Balaban J connectivity index is 0.00000169. The third-order valence-corrected chi connectivity index (χ3v) is 5.25. The predicted molar refractivity (Wildman–Crippen MR) is 111 cm³/mol. The molecule has 1 saturated carbocycles. The highest BCUT2D eigenvalue weighted by Crippen LogP contribution is 2.38. The number of carboxylic acid groups (broad SMARTS) is 1. The summed E-state index contributed by atoms with van der Waals surface area (Å²) in [5.74, 6) is -0.0213. The molecular weight excluding hydrogens is 371 g/mol. The molecule has 1 aliphatic carbocycles. The minimum absolute atomic E-state index is 0. The van der Waals surface area contributed by atoms with Gasteiger partial charge in [-0.3, -0.25) is 4.79 Å². The fourth-order valence-electron chi connectivity index (χ4n) is 3.68. The van der Waals surface area contributed by atoms with E-state index in [9.17, 15) is 4.79 Å². The first-order chi connectivity index (χ1) is 11.6. The Bertz CT molecular complexity index is 587. The van der Waals surface area contributed by atoms with Crippen molar-refractivity contribution in [3.05, 3.63) is 41.5 Å². The summed E-state index contributed by atoms with van der Waals surface area (Å²) in [6.07, 6.45) is 6.07. The predicted octanol–water partition coefficient (Wildman–Crippen LogP) is 3.85. The van der Waals surface area contributed by atoms with Crippen LogP contribution in [0.3, 0.4) is 0 Å². The minimum atomic E-state index is -0.697. The maximum absolute atomic E-state index is 10.6. The van der Waals surface area contributed by atoms with Gasteiger partial charge in [0.15, 0.2) is 0 Å². The quantitative estimate of drug-likeness (QED) is 0.729. The Morgan fingerprint density at radius 1 is 1.23 bits per heavy atom. The fraction of sp³-hybridized carbons (Fsp3) is 0.550. The van der Waals surface area contributed by atoms with Crippen LogP contribution in [0.15, 0.2) is 35.9 Å². The first-order valence-corrected chi connectivity index (χ1v) is 9.05. The molecule has 1 aromatic carbocycles. The zero-order valence-corrected chi connectivity index (χ0v) is 16.9. The zero-order valence-electron chi connectivity index (χ0n) is 15.3. The lowest BCUT2D eigenvalue weighted by atomic mass is 10.0. The van der Waals surface area contributed by atoms with E-state index in [-0.39, 0.29) is 31.2 Å². The van der Waals surface area contributed by atoms with Crippen molar-refractivity contribution in [2.75, 3.05) is 19.6 Å². The van der Waals surface area contributed by atoms with E-state index in [0.717, 1.165) is 25.9 Å². The van der Waals surface area contributed by atoms with Crippen LogP contribution in [0.5, 0.6) is 0 Å². The van der Waals surface area contributed by atoms with Crippen molar-refractivity contribution in [1.29, 1.82) is 0 Å². The van der Waals surface area contributed by atoms with Gasteiger partial charge in [0, 0.05) is 18.6 Å². The summed E-state index contributed by atoms with van der Waals surface area (Å²) in [6, 6.07) is 11.7. The Hall–Kier alpha value is -1.07. The average Bonchev–Trinajstić information content (AvgIpc) is 3.34. The Morgan fingerprint density at radius 3 is 2.50 bits per heavy atom. The molecule has 2 atom stereocenters. The van der Waals surface area contributed by atoms with Gasteiger partial charge < -0.3 is 15.3 Å². The lowest BCUT2D eigenvalue weighted by molar-refractivity contribution is -0.137. The topological polar surface area (TPSA) is 52.6 Å². The van der Waals surface area contributed by atoms with E-state index >= 15 is 0 Å². The van der Waals surface area contributed by atoms with Crippen LogP contribution in [0, 0.1) is 5.92 Å². The number of likely N-dealkylation sites (tertiary alicyclic amines) is 1. The molecule has 1 heterocycles. The Morgan fingerprint density at radius 2 is 1.88 bits per heavy atom. The second-order valence-corrected chi connectivity index (χ2v) is 7.17. The number of halogens is 2. The van der Waals surface area contributed by atoms with Crippen molar-refractivity contribution in [1.82, 2.24) is 10.2 Å². The van der Waals surface area contributed by atoms with Crippen LogP contribution in [0.1, 0.15) is 38.2 Å². The van der Waals surface area contributed by atoms with Crippen LogP contribution in [-0.2, 0) is 4.79 Å². The lowest BCUT2D eigenvalue weighted by Crippen LogP contribution is -2.44. The van der Waals surface area contributed by atoms with Crippen molar-refractivity contribution < 1.29 is 9.90 Å². The zero-order chi connectivity index (χ0) is 16.9. The summed E-state index contributed by atoms with van der Waals surface area (Å²) in [4.78, 5) is 12.9. The van der Waals surface area contributed by atoms with Gasteiger partial charge in [-0.1, -0.05) is 42.0 Å². The van der Waals surface area contributed by atoms with Gasteiger partial charge in [0.1, 0.15) is 0 Å². The van der Waals surface area contributed by atoms with E-state index in [2.05, 4.69) is 53.5 Å². The molecular formula is C20H30Cl2N2O2. The van der Waals surface area contributed by atoms with Crippen LogP contribution < -0.4 is 5.32 Å². The molecule has 0 aromatic heterocycles. The normalized spacial score (nSPS) is 23.7. The Labute approximate surface area is 168 Å². The number of rotatable bonds is 7. The van der Waals surface area contributed by atoms with Crippen molar-refractivity contribution in [2.45, 2.75) is 44.7 Å². The standard InChI is InChI=1S/C20H28N2O2.2ClH/c1-15(13-16-5-3-2-4-6-16)18-14-19(18)21-17-7-10-22(11-8-17)12-9-20(23)24;;/h2-6,13,17-19,21H,7-12,14H2,1H3,(H,23,24);2*1H/t18?,19-;;/m0../s1. The third-order valence-electron chi connectivity index (χ3n) is 5.25. The number of hydrogen-bond donors (Lipinski definition) is 2. The minimum Gasteiger partial charge on any atom is -0.481 e. The van der Waals surface area contributed by atoms with E-state index < -0.39 is 5.97 Å². The molecule has 1 aliphatic heterocycles. The molecule has 2 aliphatic rings. The van der Waals surface area contributed by atoms with Gasteiger partial charge in [-0.15, -0.1) is 24.8 Å². The number of aliphatic carboxylic acids is 1. The smallest absolute Gasteiger partial charge is 0.304 e. The van der Waals surface area contributed by atoms with Crippen molar-refractivity contribution >= 4 is 36.9 Å². The second-order valence-electron chi connectivity index (χ2n) is 7.17. The maximum atomic E-state index is 10.6. The number of hydrogen-bond acceptors (Lipinski definition) is 3. The number of piperidine rings is 1. The summed E-state index contributed by atoms with van der Waals surface area (Å²) in [6.45, 7) is 4.96. The lowest BCUT2D eigenvalue weighted by Gasteiger charge is -2.32. The van der Waals surface area contributed by atoms with Gasteiger partial charge in [-0.2, -0.15) is 0 Å².